The third-order valence-electron chi connectivity index (χ3n) is 5.74. The van der Waals surface area contributed by atoms with Gasteiger partial charge in [0.25, 0.3) is 0 Å². The van der Waals surface area contributed by atoms with Crippen LogP contribution in [0, 0.1) is 11.8 Å². The first-order valence-corrected chi connectivity index (χ1v) is 9.19. The van der Waals surface area contributed by atoms with Gasteiger partial charge in [0.1, 0.15) is 0 Å². The molecule has 2 fully saturated rings. The normalized spacial score (nSPS) is 30.0. The molecule has 0 saturated heterocycles. The van der Waals surface area contributed by atoms with Gasteiger partial charge in [-0.3, -0.25) is 9.59 Å². The van der Waals surface area contributed by atoms with E-state index in [2.05, 4.69) is 35.6 Å². The molecule has 0 unspecified atom stereocenters. The Balaban J connectivity index is 1.40. The number of carbonyl (C=O) groups is 2. The van der Waals surface area contributed by atoms with Gasteiger partial charge in [-0.1, -0.05) is 30.3 Å². The molecule has 0 bridgehead atoms. The first-order valence-electron chi connectivity index (χ1n) is 9.19. The number of benzene rings is 1. The van der Waals surface area contributed by atoms with E-state index >= 15 is 0 Å². The SMILES string of the molecule is O=C(CC1CCC(c2ccccc2)CC1)N[C@@H]1CC[C@H](C(=O)O)C1. The maximum absolute atomic E-state index is 12.2. The van der Waals surface area contributed by atoms with Gasteiger partial charge in [-0.2, -0.15) is 0 Å². The molecule has 2 N–H and O–H groups in total. The second-order valence-electron chi connectivity index (χ2n) is 7.45. The van der Waals surface area contributed by atoms with E-state index < -0.39 is 5.97 Å². The summed E-state index contributed by atoms with van der Waals surface area (Å²) in [5, 5.41) is 12.1. The fourth-order valence-electron chi connectivity index (χ4n) is 4.31. The van der Waals surface area contributed by atoms with Crippen molar-refractivity contribution in [2.75, 3.05) is 0 Å². The Bertz CT molecular complexity index is 564. The fourth-order valence-corrected chi connectivity index (χ4v) is 4.31. The topological polar surface area (TPSA) is 66.4 Å². The van der Waals surface area contributed by atoms with Gasteiger partial charge in [0.15, 0.2) is 0 Å². The van der Waals surface area contributed by atoms with Gasteiger partial charge in [0, 0.05) is 12.5 Å². The minimum absolute atomic E-state index is 0.0549. The fraction of sp³-hybridized carbons (Fsp3) is 0.600. The average molecular weight is 329 g/mol. The Labute approximate surface area is 143 Å². The number of hydrogen-bond acceptors (Lipinski definition) is 2. The average Bonchev–Trinajstić information content (AvgIpc) is 3.05. The highest BCUT2D eigenvalue weighted by molar-refractivity contribution is 5.77. The molecular formula is C20H27NO3. The maximum atomic E-state index is 12.2. The predicted molar refractivity (Wildman–Crippen MR) is 92.7 cm³/mol. The molecule has 2 aliphatic rings. The molecule has 0 spiro atoms. The van der Waals surface area contributed by atoms with E-state index in [9.17, 15) is 9.59 Å². The van der Waals surface area contributed by atoms with Gasteiger partial charge in [-0.05, 0) is 62.3 Å². The third-order valence-corrected chi connectivity index (χ3v) is 5.74. The summed E-state index contributed by atoms with van der Waals surface area (Å²) in [7, 11) is 0. The Kier molecular flexibility index (Phi) is 5.54. The molecular weight excluding hydrogens is 302 g/mol. The van der Waals surface area contributed by atoms with Crippen molar-refractivity contribution < 1.29 is 14.7 Å². The van der Waals surface area contributed by atoms with Crippen molar-refractivity contribution in [3.63, 3.8) is 0 Å². The second-order valence-corrected chi connectivity index (χ2v) is 7.45. The van der Waals surface area contributed by atoms with E-state index in [4.69, 9.17) is 5.11 Å². The quantitative estimate of drug-likeness (QED) is 0.865. The summed E-state index contributed by atoms with van der Waals surface area (Å²) >= 11 is 0. The predicted octanol–water partition coefficient (Wildman–Crippen LogP) is 3.72. The van der Waals surface area contributed by atoms with Crippen molar-refractivity contribution in [3.05, 3.63) is 35.9 Å². The molecule has 3 rings (SSSR count). The van der Waals surface area contributed by atoms with Gasteiger partial charge in [0.2, 0.25) is 5.91 Å². The van der Waals surface area contributed by atoms with E-state index in [1.54, 1.807) is 0 Å². The molecule has 2 atom stereocenters. The molecule has 4 nitrogen and oxygen atoms in total. The number of nitrogens with one attached hydrogen (secondary N) is 1. The van der Waals surface area contributed by atoms with E-state index in [1.165, 1.54) is 5.56 Å². The minimum atomic E-state index is -0.731. The van der Waals surface area contributed by atoms with Crippen LogP contribution in [0.4, 0.5) is 0 Å². The van der Waals surface area contributed by atoms with Crippen LogP contribution < -0.4 is 5.32 Å². The molecule has 0 heterocycles. The van der Waals surface area contributed by atoms with Gasteiger partial charge >= 0.3 is 5.97 Å². The standard InChI is InChI=1S/C20H27NO3/c22-19(21-18-11-10-17(13-18)20(23)24)12-14-6-8-16(9-7-14)15-4-2-1-3-5-15/h1-5,14,16-18H,6-13H2,(H,21,22)(H,23,24)/t14?,16?,17-,18+/m0/s1. The van der Waals surface area contributed by atoms with E-state index in [-0.39, 0.29) is 17.9 Å². The number of aliphatic carboxylic acids is 1. The van der Waals surface area contributed by atoms with Crippen molar-refractivity contribution in [1.82, 2.24) is 5.32 Å². The highest BCUT2D eigenvalue weighted by Crippen LogP contribution is 2.37. The molecule has 1 amide bonds. The molecule has 24 heavy (non-hydrogen) atoms. The first kappa shape index (κ1) is 17.0. The summed E-state index contributed by atoms with van der Waals surface area (Å²) in [6, 6.07) is 10.7. The van der Waals surface area contributed by atoms with Crippen LogP contribution in [0.25, 0.3) is 0 Å². The number of rotatable bonds is 5. The van der Waals surface area contributed by atoms with Crippen molar-refractivity contribution in [2.45, 2.75) is 63.3 Å². The molecule has 0 aliphatic heterocycles. The van der Waals surface area contributed by atoms with Crippen LogP contribution in [0.15, 0.2) is 30.3 Å². The zero-order valence-corrected chi connectivity index (χ0v) is 14.1. The zero-order chi connectivity index (χ0) is 16.9. The van der Waals surface area contributed by atoms with Gasteiger partial charge in [-0.15, -0.1) is 0 Å². The number of amides is 1. The number of carboxylic acid groups (broad SMARTS) is 1. The summed E-state index contributed by atoms with van der Waals surface area (Å²) in [6.07, 6.45) is 7.19. The molecule has 0 aromatic heterocycles. The highest BCUT2D eigenvalue weighted by Gasteiger charge is 2.31. The molecule has 130 valence electrons. The largest absolute Gasteiger partial charge is 0.481 e. The number of carboxylic acids is 1. The Morgan fingerprint density at radius 3 is 2.33 bits per heavy atom. The number of carbonyl (C=O) groups excluding carboxylic acids is 1. The van der Waals surface area contributed by atoms with Crippen LogP contribution in [0.3, 0.4) is 0 Å². The second kappa shape index (κ2) is 7.82. The lowest BCUT2D eigenvalue weighted by Crippen LogP contribution is -2.34. The summed E-state index contributed by atoms with van der Waals surface area (Å²) in [5.74, 6) is 0.204. The van der Waals surface area contributed by atoms with Crippen molar-refractivity contribution in [3.8, 4) is 0 Å². The van der Waals surface area contributed by atoms with Gasteiger partial charge in [0.05, 0.1) is 5.92 Å². The molecule has 1 aromatic rings. The van der Waals surface area contributed by atoms with Crippen LogP contribution in [-0.2, 0) is 9.59 Å². The maximum Gasteiger partial charge on any atom is 0.306 e. The molecule has 2 aliphatic carbocycles. The lowest BCUT2D eigenvalue weighted by molar-refractivity contribution is -0.141. The monoisotopic (exact) mass is 329 g/mol. The lowest BCUT2D eigenvalue weighted by Gasteiger charge is -2.28. The third kappa shape index (κ3) is 4.37. The van der Waals surface area contributed by atoms with Crippen molar-refractivity contribution >= 4 is 11.9 Å². The zero-order valence-electron chi connectivity index (χ0n) is 14.1. The Hall–Kier alpha value is -1.84. The van der Waals surface area contributed by atoms with E-state index in [0.29, 0.717) is 31.1 Å². The smallest absolute Gasteiger partial charge is 0.306 e. The van der Waals surface area contributed by atoms with Crippen LogP contribution in [-0.4, -0.2) is 23.0 Å². The van der Waals surface area contributed by atoms with Crippen LogP contribution in [0.2, 0.25) is 0 Å². The first-order chi connectivity index (χ1) is 11.6. The van der Waals surface area contributed by atoms with E-state index in [0.717, 1.165) is 32.1 Å². The lowest BCUT2D eigenvalue weighted by atomic mass is 9.77. The molecule has 4 heteroatoms. The van der Waals surface area contributed by atoms with Crippen LogP contribution in [0.1, 0.15) is 62.8 Å². The van der Waals surface area contributed by atoms with Crippen molar-refractivity contribution in [2.24, 2.45) is 11.8 Å². The van der Waals surface area contributed by atoms with Gasteiger partial charge < -0.3 is 10.4 Å². The minimum Gasteiger partial charge on any atom is -0.481 e. The van der Waals surface area contributed by atoms with Gasteiger partial charge in [-0.25, -0.2) is 0 Å². The summed E-state index contributed by atoms with van der Waals surface area (Å²) < 4.78 is 0. The van der Waals surface area contributed by atoms with Crippen LogP contribution >= 0.6 is 0 Å². The van der Waals surface area contributed by atoms with E-state index in [1.807, 2.05) is 0 Å². The number of hydrogen-bond donors (Lipinski definition) is 2. The Morgan fingerprint density at radius 1 is 1.00 bits per heavy atom. The Morgan fingerprint density at radius 2 is 1.71 bits per heavy atom. The molecule has 1 aromatic carbocycles. The highest BCUT2D eigenvalue weighted by atomic mass is 16.4. The summed E-state index contributed by atoms with van der Waals surface area (Å²) in [4.78, 5) is 23.2. The van der Waals surface area contributed by atoms with Crippen molar-refractivity contribution in [1.29, 1.82) is 0 Å². The molecule has 0 radical (unpaired) electrons. The summed E-state index contributed by atoms with van der Waals surface area (Å²) in [5.41, 5.74) is 1.42. The molecule has 2 saturated carbocycles. The van der Waals surface area contributed by atoms with Crippen LogP contribution in [0.5, 0.6) is 0 Å². The summed E-state index contributed by atoms with van der Waals surface area (Å²) in [6.45, 7) is 0.